The number of nitrogens with zero attached hydrogens (tertiary/aromatic N) is 1. The van der Waals surface area contributed by atoms with Gasteiger partial charge in [-0.3, -0.25) is 10.1 Å². The third kappa shape index (κ3) is 4.22. The lowest BCUT2D eigenvalue weighted by Crippen LogP contribution is -2.13. The Labute approximate surface area is 123 Å². The standard InChI is InChI=1S/C12H18N2O5.ClH/c1-18-11-6-8(9(13)4-3-5-15)10(14(16)17)7-12(11)19-2;/h6-7,9,15H,3-5,13H2,1-2H3;1H/t9-;/m1./s1. The van der Waals surface area contributed by atoms with Crippen molar-refractivity contribution in [1.82, 2.24) is 0 Å². The Morgan fingerprint density at radius 2 is 1.90 bits per heavy atom. The summed E-state index contributed by atoms with van der Waals surface area (Å²) in [4.78, 5) is 10.6. The molecule has 0 radical (unpaired) electrons. The maximum absolute atomic E-state index is 11.1. The van der Waals surface area contributed by atoms with E-state index >= 15 is 0 Å². The highest BCUT2D eigenvalue weighted by atomic mass is 35.5. The predicted octanol–water partition coefficient (Wildman–Crippen LogP) is 1.81. The first-order valence-electron chi connectivity index (χ1n) is 5.81. The molecule has 1 aromatic carbocycles. The van der Waals surface area contributed by atoms with Crippen LogP contribution in [0.5, 0.6) is 11.5 Å². The number of aliphatic hydroxyl groups is 1. The van der Waals surface area contributed by atoms with Crippen molar-refractivity contribution in [2.24, 2.45) is 5.73 Å². The van der Waals surface area contributed by atoms with Gasteiger partial charge in [0.05, 0.1) is 30.8 Å². The van der Waals surface area contributed by atoms with Crippen LogP contribution in [0.4, 0.5) is 5.69 Å². The van der Waals surface area contributed by atoms with E-state index in [-0.39, 0.29) is 30.5 Å². The van der Waals surface area contributed by atoms with E-state index in [0.717, 1.165) is 0 Å². The van der Waals surface area contributed by atoms with Crippen LogP contribution < -0.4 is 15.2 Å². The van der Waals surface area contributed by atoms with Crippen LogP contribution in [0.3, 0.4) is 0 Å². The Hall–Kier alpha value is -1.57. The third-order valence-electron chi connectivity index (χ3n) is 2.80. The van der Waals surface area contributed by atoms with Gasteiger partial charge in [0.25, 0.3) is 5.69 Å². The number of aliphatic hydroxyl groups excluding tert-OH is 1. The first-order chi connectivity index (χ1) is 9.04. The number of ether oxygens (including phenoxy) is 2. The van der Waals surface area contributed by atoms with Gasteiger partial charge in [-0.15, -0.1) is 12.4 Å². The lowest BCUT2D eigenvalue weighted by molar-refractivity contribution is -0.385. The quantitative estimate of drug-likeness (QED) is 0.587. The second kappa shape index (κ2) is 8.57. The zero-order valence-electron chi connectivity index (χ0n) is 11.4. The van der Waals surface area contributed by atoms with Crippen molar-refractivity contribution in [2.75, 3.05) is 20.8 Å². The monoisotopic (exact) mass is 306 g/mol. The van der Waals surface area contributed by atoms with Crippen molar-refractivity contribution in [3.05, 3.63) is 27.8 Å². The average molecular weight is 307 g/mol. The molecule has 3 N–H and O–H groups in total. The molecule has 0 unspecified atom stereocenters. The molecular weight excluding hydrogens is 288 g/mol. The van der Waals surface area contributed by atoms with Gasteiger partial charge in [-0.05, 0) is 18.9 Å². The molecule has 1 aromatic rings. The predicted molar refractivity (Wildman–Crippen MR) is 76.7 cm³/mol. The Kier molecular flexibility index (Phi) is 7.90. The average Bonchev–Trinajstić information content (AvgIpc) is 2.42. The van der Waals surface area contributed by atoms with Crippen molar-refractivity contribution in [3.63, 3.8) is 0 Å². The summed E-state index contributed by atoms with van der Waals surface area (Å²) >= 11 is 0. The lowest BCUT2D eigenvalue weighted by Gasteiger charge is -2.15. The summed E-state index contributed by atoms with van der Waals surface area (Å²) in [6.07, 6.45) is 0.930. The van der Waals surface area contributed by atoms with E-state index in [4.69, 9.17) is 20.3 Å². The van der Waals surface area contributed by atoms with Crippen molar-refractivity contribution in [3.8, 4) is 11.5 Å². The Morgan fingerprint density at radius 3 is 2.35 bits per heavy atom. The summed E-state index contributed by atoms with van der Waals surface area (Å²) < 4.78 is 10.1. The van der Waals surface area contributed by atoms with E-state index in [0.29, 0.717) is 24.2 Å². The van der Waals surface area contributed by atoms with Gasteiger partial charge in [0.1, 0.15) is 0 Å². The zero-order chi connectivity index (χ0) is 14.4. The molecule has 7 nitrogen and oxygen atoms in total. The van der Waals surface area contributed by atoms with Crippen LogP contribution in [-0.2, 0) is 0 Å². The second-order valence-electron chi connectivity index (χ2n) is 4.00. The van der Waals surface area contributed by atoms with Crippen LogP contribution in [-0.4, -0.2) is 30.9 Å². The molecule has 0 bridgehead atoms. The van der Waals surface area contributed by atoms with Crippen LogP contribution in [0.15, 0.2) is 12.1 Å². The number of rotatable bonds is 7. The van der Waals surface area contributed by atoms with Gasteiger partial charge in [-0.25, -0.2) is 0 Å². The molecule has 0 heterocycles. The molecule has 0 amide bonds. The van der Waals surface area contributed by atoms with E-state index in [2.05, 4.69) is 0 Å². The topological polar surface area (TPSA) is 108 Å². The van der Waals surface area contributed by atoms with Crippen molar-refractivity contribution < 1.29 is 19.5 Å². The number of nitro benzene ring substituents is 1. The minimum absolute atomic E-state index is 0. The molecule has 0 saturated heterocycles. The normalized spacial score (nSPS) is 11.4. The molecule has 0 aliphatic heterocycles. The highest BCUT2D eigenvalue weighted by Gasteiger charge is 2.23. The molecule has 20 heavy (non-hydrogen) atoms. The highest BCUT2D eigenvalue weighted by Crippen LogP contribution is 2.37. The smallest absolute Gasteiger partial charge is 0.278 e. The van der Waals surface area contributed by atoms with Crippen LogP contribution in [0, 0.1) is 10.1 Å². The van der Waals surface area contributed by atoms with Gasteiger partial charge < -0.3 is 20.3 Å². The van der Waals surface area contributed by atoms with E-state index in [1.54, 1.807) is 0 Å². The molecule has 0 aliphatic rings. The molecule has 8 heteroatoms. The van der Waals surface area contributed by atoms with E-state index in [1.807, 2.05) is 0 Å². The molecule has 0 aromatic heterocycles. The van der Waals surface area contributed by atoms with E-state index in [9.17, 15) is 10.1 Å². The minimum Gasteiger partial charge on any atom is -0.493 e. The third-order valence-corrected chi connectivity index (χ3v) is 2.80. The number of nitrogens with two attached hydrogens (primary N) is 1. The number of halogens is 1. The van der Waals surface area contributed by atoms with Crippen LogP contribution >= 0.6 is 12.4 Å². The number of hydrogen-bond donors (Lipinski definition) is 2. The number of hydrogen-bond acceptors (Lipinski definition) is 6. The molecule has 0 fully saturated rings. The Balaban J connectivity index is 0.00000361. The molecule has 0 aliphatic carbocycles. The minimum atomic E-state index is -0.535. The fourth-order valence-corrected chi connectivity index (χ4v) is 1.81. The highest BCUT2D eigenvalue weighted by molar-refractivity contribution is 5.85. The van der Waals surface area contributed by atoms with Gasteiger partial charge in [0.15, 0.2) is 11.5 Å². The van der Waals surface area contributed by atoms with E-state index < -0.39 is 11.0 Å². The van der Waals surface area contributed by atoms with E-state index in [1.165, 1.54) is 26.4 Å². The van der Waals surface area contributed by atoms with Crippen molar-refractivity contribution in [2.45, 2.75) is 18.9 Å². The van der Waals surface area contributed by atoms with Crippen molar-refractivity contribution >= 4 is 18.1 Å². The summed E-state index contributed by atoms with van der Waals surface area (Å²) in [6, 6.07) is 2.28. The summed E-state index contributed by atoms with van der Waals surface area (Å²) in [7, 11) is 2.86. The fourth-order valence-electron chi connectivity index (χ4n) is 1.81. The molecular formula is C12H19ClN2O5. The first kappa shape index (κ1) is 18.4. The number of nitro groups is 1. The lowest BCUT2D eigenvalue weighted by atomic mass is 10.0. The van der Waals surface area contributed by atoms with Gasteiger partial charge in [-0.1, -0.05) is 0 Å². The van der Waals surface area contributed by atoms with Crippen LogP contribution in [0.1, 0.15) is 24.4 Å². The molecule has 0 saturated carbocycles. The maximum atomic E-state index is 11.1. The number of benzene rings is 1. The zero-order valence-corrected chi connectivity index (χ0v) is 12.2. The van der Waals surface area contributed by atoms with Crippen LogP contribution in [0.25, 0.3) is 0 Å². The Morgan fingerprint density at radius 1 is 1.35 bits per heavy atom. The summed E-state index contributed by atoms with van der Waals surface area (Å²) in [5.41, 5.74) is 6.19. The van der Waals surface area contributed by atoms with Gasteiger partial charge in [0.2, 0.25) is 0 Å². The first-order valence-corrected chi connectivity index (χ1v) is 5.81. The van der Waals surface area contributed by atoms with Gasteiger partial charge >= 0.3 is 0 Å². The summed E-state index contributed by atoms with van der Waals surface area (Å²) in [6.45, 7) is -0.00517. The molecule has 1 atom stereocenters. The summed E-state index contributed by atoms with van der Waals surface area (Å²) in [5.74, 6) is 0.676. The van der Waals surface area contributed by atoms with Gasteiger partial charge in [0, 0.05) is 12.6 Å². The molecule has 0 spiro atoms. The summed E-state index contributed by atoms with van der Waals surface area (Å²) in [5, 5.41) is 19.9. The maximum Gasteiger partial charge on any atom is 0.278 e. The SMILES string of the molecule is COc1cc([C@H](N)CCCO)c([N+](=O)[O-])cc1OC.Cl. The molecule has 1 rings (SSSR count). The van der Waals surface area contributed by atoms with Gasteiger partial charge in [-0.2, -0.15) is 0 Å². The largest absolute Gasteiger partial charge is 0.493 e. The van der Waals surface area contributed by atoms with Crippen molar-refractivity contribution in [1.29, 1.82) is 0 Å². The number of methoxy groups -OCH3 is 2. The molecule has 114 valence electrons. The fraction of sp³-hybridized carbons (Fsp3) is 0.500. The Bertz CT molecular complexity index is 456. The van der Waals surface area contributed by atoms with Crippen LogP contribution in [0.2, 0.25) is 0 Å². The second-order valence-corrected chi connectivity index (χ2v) is 4.00.